The monoisotopic (exact) mass is 289 g/mol. The molecular formula is C16H23N3O2. The largest absolute Gasteiger partial charge is 0.490 e. The summed E-state index contributed by atoms with van der Waals surface area (Å²) in [6.45, 7) is 10.1. The van der Waals surface area contributed by atoms with Crippen molar-refractivity contribution < 1.29 is 9.26 Å². The standard InChI is InChI=1S/C16H23N3O2/c1-6-11(4)20-14-9(2)7-13(8-10(14)3)15-18-16(12(5)17)21-19-15/h7-8,11-12H,6,17H2,1-5H3/t11-,12+/m1/s1. The Balaban J connectivity index is 2.34. The van der Waals surface area contributed by atoms with Gasteiger partial charge in [0.1, 0.15) is 5.75 Å². The van der Waals surface area contributed by atoms with Crippen LogP contribution in [0.1, 0.15) is 50.3 Å². The second-order valence-electron chi connectivity index (χ2n) is 5.52. The molecule has 0 fully saturated rings. The highest BCUT2D eigenvalue weighted by Crippen LogP contribution is 2.30. The molecule has 2 atom stereocenters. The molecule has 21 heavy (non-hydrogen) atoms. The van der Waals surface area contributed by atoms with Gasteiger partial charge in [-0.05, 0) is 57.4 Å². The molecule has 2 aromatic rings. The van der Waals surface area contributed by atoms with Crippen LogP contribution in [0.5, 0.6) is 5.75 Å². The Morgan fingerprint density at radius 3 is 2.33 bits per heavy atom. The molecule has 0 bridgehead atoms. The first-order chi connectivity index (χ1) is 9.92. The molecule has 114 valence electrons. The van der Waals surface area contributed by atoms with Gasteiger partial charge in [0.2, 0.25) is 11.7 Å². The molecule has 1 aromatic heterocycles. The van der Waals surface area contributed by atoms with E-state index in [1.54, 1.807) is 0 Å². The van der Waals surface area contributed by atoms with E-state index < -0.39 is 0 Å². The fourth-order valence-electron chi connectivity index (χ4n) is 2.09. The summed E-state index contributed by atoms with van der Waals surface area (Å²) in [6, 6.07) is 3.77. The van der Waals surface area contributed by atoms with Crippen LogP contribution in [-0.2, 0) is 0 Å². The summed E-state index contributed by atoms with van der Waals surface area (Å²) < 4.78 is 11.1. The van der Waals surface area contributed by atoms with Crippen molar-refractivity contribution in [3.63, 3.8) is 0 Å². The lowest BCUT2D eigenvalue weighted by Gasteiger charge is -2.17. The highest BCUT2D eigenvalue weighted by atomic mass is 16.5. The minimum Gasteiger partial charge on any atom is -0.490 e. The van der Waals surface area contributed by atoms with Crippen LogP contribution in [0.4, 0.5) is 0 Å². The number of hydrogen-bond acceptors (Lipinski definition) is 5. The second-order valence-corrected chi connectivity index (χ2v) is 5.52. The average Bonchev–Trinajstić information content (AvgIpc) is 2.92. The SMILES string of the molecule is CC[C@@H](C)Oc1c(C)cc(-c2noc([C@H](C)N)n2)cc1C. The van der Waals surface area contributed by atoms with Crippen molar-refractivity contribution in [2.24, 2.45) is 5.73 Å². The lowest BCUT2D eigenvalue weighted by molar-refractivity contribution is 0.214. The molecule has 0 spiro atoms. The van der Waals surface area contributed by atoms with Crippen molar-refractivity contribution in [1.82, 2.24) is 10.1 Å². The van der Waals surface area contributed by atoms with Crippen molar-refractivity contribution in [2.45, 2.75) is 53.2 Å². The van der Waals surface area contributed by atoms with Gasteiger partial charge in [-0.25, -0.2) is 0 Å². The maximum absolute atomic E-state index is 5.98. The summed E-state index contributed by atoms with van der Waals surface area (Å²) in [5, 5.41) is 3.99. The molecule has 2 rings (SSSR count). The second kappa shape index (κ2) is 6.26. The van der Waals surface area contributed by atoms with Crippen LogP contribution in [-0.4, -0.2) is 16.2 Å². The van der Waals surface area contributed by atoms with E-state index in [-0.39, 0.29) is 12.1 Å². The van der Waals surface area contributed by atoms with E-state index >= 15 is 0 Å². The van der Waals surface area contributed by atoms with Crippen molar-refractivity contribution >= 4 is 0 Å². The fourth-order valence-corrected chi connectivity index (χ4v) is 2.09. The van der Waals surface area contributed by atoms with Gasteiger partial charge in [0, 0.05) is 5.56 Å². The Kier molecular flexibility index (Phi) is 4.63. The molecule has 0 aliphatic carbocycles. The lowest BCUT2D eigenvalue weighted by Crippen LogP contribution is -2.11. The maximum Gasteiger partial charge on any atom is 0.243 e. The molecular weight excluding hydrogens is 266 g/mol. The Hall–Kier alpha value is -1.88. The van der Waals surface area contributed by atoms with E-state index in [1.165, 1.54) is 0 Å². The third-order valence-electron chi connectivity index (χ3n) is 3.44. The normalized spacial score (nSPS) is 14.0. The van der Waals surface area contributed by atoms with Gasteiger partial charge in [-0.3, -0.25) is 0 Å². The number of nitrogens with two attached hydrogens (primary N) is 1. The van der Waals surface area contributed by atoms with E-state index in [2.05, 4.69) is 24.0 Å². The molecule has 0 unspecified atom stereocenters. The van der Waals surface area contributed by atoms with Gasteiger partial charge in [0.25, 0.3) is 0 Å². The summed E-state index contributed by atoms with van der Waals surface area (Å²) in [4.78, 5) is 4.33. The number of rotatable bonds is 5. The van der Waals surface area contributed by atoms with Crippen LogP contribution in [0.3, 0.4) is 0 Å². The summed E-state index contributed by atoms with van der Waals surface area (Å²) in [6.07, 6.45) is 1.17. The van der Waals surface area contributed by atoms with Crippen molar-refractivity contribution in [2.75, 3.05) is 0 Å². The van der Waals surface area contributed by atoms with E-state index in [0.717, 1.165) is 28.9 Å². The van der Waals surface area contributed by atoms with Gasteiger partial charge in [-0.2, -0.15) is 4.98 Å². The van der Waals surface area contributed by atoms with E-state index in [1.807, 2.05) is 32.9 Å². The summed E-state index contributed by atoms with van der Waals surface area (Å²) >= 11 is 0. The van der Waals surface area contributed by atoms with Crippen molar-refractivity contribution in [3.05, 3.63) is 29.2 Å². The smallest absolute Gasteiger partial charge is 0.243 e. The average molecular weight is 289 g/mol. The highest BCUT2D eigenvalue weighted by molar-refractivity contribution is 5.61. The molecule has 5 nitrogen and oxygen atoms in total. The number of ether oxygens (including phenoxy) is 1. The number of nitrogens with zero attached hydrogens (tertiary/aromatic N) is 2. The topological polar surface area (TPSA) is 74.2 Å². The number of benzene rings is 1. The van der Waals surface area contributed by atoms with Crippen molar-refractivity contribution in [1.29, 1.82) is 0 Å². The minimum atomic E-state index is -0.263. The molecule has 0 radical (unpaired) electrons. The predicted octanol–water partition coefficient (Wildman–Crippen LogP) is 3.55. The van der Waals surface area contributed by atoms with Crippen LogP contribution in [0.25, 0.3) is 11.4 Å². The Bertz CT molecular complexity index is 597. The zero-order valence-corrected chi connectivity index (χ0v) is 13.3. The number of aromatic nitrogens is 2. The summed E-state index contributed by atoms with van der Waals surface area (Å²) in [5.74, 6) is 1.94. The zero-order valence-electron chi connectivity index (χ0n) is 13.3. The maximum atomic E-state index is 5.98. The highest BCUT2D eigenvalue weighted by Gasteiger charge is 2.15. The molecule has 0 aliphatic heterocycles. The Morgan fingerprint density at radius 2 is 1.86 bits per heavy atom. The van der Waals surface area contributed by atoms with Gasteiger partial charge >= 0.3 is 0 Å². The first-order valence-electron chi connectivity index (χ1n) is 7.29. The fraction of sp³-hybridized carbons (Fsp3) is 0.500. The van der Waals surface area contributed by atoms with Crippen LogP contribution < -0.4 is 10.5 Å². The van der Waals surface area contributed by atoms with Crippen molar-refractivity contribution in [3.8, 4) is 17.1 Å². The molecule has 0 amide bonds. The number of hydrogen-bond donors (Lipinski definition) is 1. The van der Waals surface area contributed by atoms with Gasteiger partial charge < -0.3 is 15.0 Å². The van der Waals surface area contributed by atoms with Gasteiger partial charge in [0.15, 0.2) is 0 Å². The quantitative estimate of drug-likeness (QED) is 0.911. The molecule has 0 saturated carbocycles. The minimum absolute atomic E-state index is 0.197. The van der Waals surface area contributed by atoms with Gasteiger partial charge in [-0.15, -0.1) is 0 Å². The number of aryl methyl sites for hydroxylation is 2. The molecule has 1 heterocycles. The van der Waals surface area contributed by atoms with Crippen LogP contribution in [0, 0.1) is 13.8 Å². The van der Waals surface area contributed by atoms with Crippen LogP contribution in [0.15, 0.2) is 16.7 Å². The molecule has 0 aliphatic rings. The first kappa shape index (κ1) is 15.5. The predicted molar refractivity (Wildman–Crippen MR) is 82.2 cm³/mol. The molecule has 1 aromatic carbocycles. The molecule has 0 saturated heterocycles. The molecule has 5 heteroatoms. The third-order valence-corrected chi connectivity index (χ3v) is 3.44. The lowest BCUT2D eigenvalue weighted by atomic mass is 10.0. The Morgan fingerprint density at radius 1 is 1.24 bits per heavy atom. The first-order valence-corrected chi connectivity index (χ1v) is 7.29. The summed E-state index contributed by atoms with van der Waals surface area (Å²) in [5.41, 5.74) is 8.79. The van der Waals surface area contributed by atoms with E-state index in [0.29, 0.717) is 11.7 Å². The van der Waals surface area contributed by atoms with Gasteiger partial charge in [0.05, 0.1) is 12.1 Å². The van der Waals surface area contributed by atoms with Gasteiger partial charge in [-0.1, -0.05) is 12.1 Å². The zero-order chi connectivity index (χ0) is 15.6. The molecule has 2 N–H and O–H groups in total. The van der Waals surface area contributed by atoms with E-state index in [9.17, 15) is 0 Å². The Labute approximate surface area is 125 Å². The van der Waals surface area contributed by atoms with Crippen LogP contribution >= 0.6 is 0 Å². The third kappa shape index (κ3) is 3.42. The summed E-state index contributed by atoms with van der Waals surface area (Å²) in [7, 11) is 0. The van der Waals surface area contributed by atoms with Crippen LogP contribution in [0.2, 0.25) is 0 Å². The van der Waals surface area contributed by atoms with E-state index in [4.69, 9.17) is 15.0 Å².